The maximum atomic E-state index is 11.3. The van der Waals surface area contributed by atoms with E-state index in [4.69, 9.17) is 14.2 Å². The Hall–Kier alpha value is -3.27. The van der Waals surface area contributed by atoms with E-state index in [1.807, 2.05) is 60.7 Å². The predicted molar refractivity (Wildman–Crippen MR) is 101 cm³/mol. The second-order valence-corrected chi connectivity index (χ2v) is 5.79. The average Bonchev–Trinajstić information content (AvgIpc) is 2.68. The van der Waals surface area contributed by atoms with Crippen LogP contribution in [0, 0.1) is 0 Å². The van der Waals surface area contributed by atoms with E-state index in [0.29, 0.717) is 17.7 Å². The smallest absolute Gasteiger partial charge is 0.150 e. The van der Waals surface area contributed by atoms with Crippen molar-refractivity contribution >= 4 is 12.4 Å². The SMILES string of the molecule is COc1ccc(C=C2C=C(C=O)C=C(Oc3ccccc3)C2)c(OC)c1. The summed E-state index contributed by atoms with van der Waals surface area (Å²) in [5, 5.41) is 0. The molecular formula is C22H20O4. The zero-order valence-electron chi connectivity index (χ0n) is 14.8. The molecule has 1 aliphatic rings. The van der Waals surface area contributed by atoms with Crippen LogP contribution in [0.15, 0.2) is 77.6 Å². The number of hydrogen-bond donors (Lipinski definition) is 0. The van der Waals surface area contributed by atoms with Gasteiger partial charge in [-0.1, -0.05) is 18.2 Å². The predicted octanol–water partition coefficient (Wildman–Crippen LogP) is 4.58. The molecule has 0 saturated heterocycles. The molecule has 0 unspecified atom stereocenters. The Morgan fingerprint density at radius 3 is 2.42 bits per heavy atom. The van der Waals surface area contributed by atoms with Crippen LogP contribution in [0.3, 0.4) is 0 Å². The Kier molecular flexibility index (Phi) is 5.54. The van der Waals surface area contributed by atoms with Crippen LogP contribution in [0.1, 0.15) is 12.0 Å². The molecule has 1 aliphatic carbocycles. The highest BCUT2D eigenvalue weighted by Gasteiger charge is 2.13. The third kappa shape index (κ3) is 4.22. The summed E-state index contributed by atoms with van der Waals surface area (Å²) in [6.07, 6.45) is 7.02. The van der Waals surface area contributed by atoms with Gasteiger partial charge < -0.3 is 14.2 Å². The molecular weight excluding hydrogens is 328 g/mol. The highest BCUT2D eigenvalue weighted by atomic mass is 16.5. The Labute approximate surface area is 153 Å². The van der Waals surface area contributed by atoms with Crippen molar-refractivity contribution in [2.75, 3.05) is 14.2 Å². The number of aldehydes is 1. The van der Waals surface area contributed by atoms with Crippen LogP contribution in [0.25, 0.3) is 6.08 Å². The normalized spacial score (nSPS) is 15.1. The molecule has 2 aromatic rings. The van der Waals surface area contributed by atoms with Gasteiger partial charge >= 0.3 is 0 Å². The fourth-order valence-electron chi connectivity index (χ4n) is 2.75. The van der Waals surface area contributed by atoms with Crippen molar-refractivity contribution in [2.45, 2.75) is 6.42 Å². The third-order valence-electron chi connectivity index (χ3n) is 3.97. The van der Waals surface area contributed by atoms with E-state index in [-0.39, 0.29) is 0 Å². The van der Waals surface area contributed by atoms with Gasteiger partial charge in [0.15, 0.2) is 0 Å². The Bertz CT molecular complexity index is 876. The molecule has 3 rings (SSSR count). The second kappa shape index (κ2) is 8.21. The van der Waals surface area contributed by atoms with E-state index >= 15 is 0 Å². The number of allylic oxidation sites excluding steroid dienone is 4. The van der Waals surface area contributed by atoms with E-state index in [0.717, 1.165) is 34.7 Å². The van der Waals surface area contributed by atoms with Gasteiger partial charge in [-0.3, -0.25) is 4.79 Å². The summed E-state index contributed by atoms with van der Waals surface area (Å²) in [6.45, 7) is 0. The summed E-state index contributed by atoms with van der Waals surface area (Å²) >= 11 is 0. The van der Waals surface area contributed by atoms with Crippen LogP contribution in [0.2, 0.25) is 0 Å². The summed E-state index contributed by atoms with van der Waals surface area (Å²) in [7, 11) is 3.24. The van der Waals surface area contributed by atoms with Gasteiger partial charge in [-0.2, -0.15) is 0 Å². The van der Waals surface area contributed by atoms with Crippen LogP contribution in [-0.2, 0) is 4.79 Å². The first-order chi connectivity index (χ1) is 12.7. The number of benzene rings is 2. The van der Waals surface area contributed by atoms with E-state index in [1.165, 1.54) is 0 Å². The molecule has 2 aromatic carbocycles. The maximum absolute atomic E-state index is 11.3. The van der Waals surface area contributed by atoms with Crippen LogP contribution < -0.4 is 14.2 Å². The van der Waals surface area contributed by atoms with Crippen molar-refractivity contribution in [2.24, 2.45) is 0 Å². The lowest BCUT2D eigenvalue weighted by Crippen LogP contribution is -2.03. The molecule has 26 heavy (non-hydrogen) atoms. The zero-order valence-corrected chi connectivity index (χ0v) is 14.8. The van der Waals surface area contributed by atoms with Gasteiger partial charge in [0, 0.05) is 23.6 Å². The van der Waals surface area contributed by atoms with Gasteiger partial charge in [0.2, 0.25) is 0 Å². The molecule has 0 fully saturated rings. The van der Waals surface area contributed by atoms with Crippen molar-refractivity contribution in [3.05, 3.63) is 83.2 Å². The van der Waals surface area contributed by atoms with Crippen LogP contribution in [0.4, 0.5) is 0 Å². The van der Waals surface area contributed by atoms with Crippen LogP contribution in [0.5, 0.6) is 17.2 Å². The first-order valence-electron chi connectivity index (χ1n) is 8.25. The van der Waals surface area contributed by atoms with Gasteiger partial charge in [0.1, 0.15) is 29.3 Å². The summed E-state index contributed by atoms with van der Waals surface area (Å²) in [5.74, 6) is 2.90. The van der Waals surface area contributed by atoms with Gasteiger partial charge in [0.05, 0.1) is 14.2 Å². The molecule has 0 heterocycles. The quantitative estimate of drug-likeness (QED) is 0.717. The molecule has 0 N–H and O–H groups in total. The summed E-state index contributed by atoms with van der Waals surface area (Å²) < 4.78 is 16.6. The topological polar surface area (TPSA) is 44.8 Å². The number of hydrogen-bond acceptors (Lipinski definition) is 4. The Balaban J connectivity index is 1.89. The first kappa shape index (κ1) is 17.5. The monoisotopic (exact) mass is 348 g/mol. The molecule has 0 saturated carbocycles. The number of carbonyl (C=O) groups excluding carboxylic acids is 1. The fourth-order valence-corrected chi connectivity index (χ4v) is 2.75. The summed E-state index contributed by atoms with van der Waals surface area (Å²) in [6, 6.07) is 15.2. The maximum Gasteiger partial charge on any atom is 0.150 e. The van der Waals surface area contributed by atoms with Crippen molar-refractivity contribution in [1.82, 2.24) is 0 Å². The molecule has 0 aromatic heterocycles. The highest BCUT2D eigenvalue weighted by Crippen LogP contribution is 2.30. The Morgan fingerprint density at radius 2 is 1.73 bits per heavy atom. The van der Waals surface area contributed by atoms with E-state index in [9.17, 15) is 4.79 Å². The minimum atomic E-state index is 0.570. The number of para-hydroxylation sites is 1. The van der Waals surface area contributed by atoms with Crippen molar-refractivity contribution < 1.29 is 19.0 Å². The van der Waals surface area contributed by atoms with Crippen molar-refractivity contribution in [3.8, 4) is 17.2 Å². The molecule has 0 atom stereocenters. The van der Waals surface area contributed by atoms with E-state index in [1.54, 1.807) is 20.3 Å². The van der Waals surface area contributed by atoms with Crippen molar-refractivity contribution in [1.29, 1.82) is 0 Å². The molecule has 0 bridgehead atoms. The minimum Gasteiger partial charge on any atom is -0.497 e. The number of methoxy groups -OCH3 is 2. The fraction of sp³-hybridized carbons (Fsp3) is 0.136. The third-order valence-corrected chi connectivity index (χ3v) is 3.97. The lowest BCUT2D eigenvalue weighted by Gasteiger charge is -2.16. The highest BCUT2D eigenvalue weighted by molar-refractivity contribution is 5.81. The second-order valence-electron chi connectivity index (χ2n) is 5.79. The summed E-state index contributed by atoms with van der Waals surface area (Å²) in [5.41, 5.74) is 2.44. The molecule has 132 valence electrons. The van der Waals surface area contributed by atoms with Gasteiger partial charge in [0.25, 0.3) is 0 Å². The lowest BCUT2D eigenvalue weighted by atomic mass is 9.98. The van der Waals surface area contributed by atoms with E-state index in [2.05, 4.69) is 0 Å². The number of carbonyl (C=O) groups is 1. The lowest BCUT2D eigenvalue weighted by molar-refractivity contribution is -0.104. The molecule has 0 spiro atoms. The standard InChI is InChI=1S/C22H20O4/c1-24-20-9-8-18(22(14-20)25-2)11-16-10-17(15-23)13-21(12-16)26-19-6-4-3-5-7-19/h3-11,13-15H,12H2,1-2H3. The summed E-state index contributed by atoms with van der Waals surface area (Å²) in [4.78, 5) is 11.3. The Morgan fingerprint density at radius 1 is 0.923 bits per heavy atom. The van der Waals surface area contributed by atoms with Gasteiger partial charge in [-0.25, -0.2) is 0 Å². The van der Waals surface area contributed by atoms with Crippen LogP contribution in [-0.4, -0.2) is 20.5 Å². The molecule has 0 amide bonds. The minimum absolute atomic E-state index is 0.570. The largest absolute Gasteiger partial charge is 0.497 e. The van der Waals surface area contributed by atoms with Crippen molar-refractivity contribution in [3.63, 3.8) is 0 Å². The zero-order chi connectivity index (χ0) is 18.4. The number of rotatable bonds is 6. The van der Waals surface area contributed by atoms with Crippen LogP contribution >= 0.6 is 0 Å². The van der Waals surface area contributed by atoms with Gasteiger partial charge in [-0.05, 0) is 48.1 Å². The molecule has 0 radical (unpaired) electrons. The molecule has 4 nitrogen and oxygen atoms in total. The van der Waals surface area contributed by atoms with Gasteiger partial charge in [-0.15, -0.1) is 0 Å². The molecule has 0 aliphatic heterocycles. The number of ether oxygens (including phenoxy) is 3. The molecule has 4 heteroatoms. The average molecular weight is 348 g/mol. The first-order valence-corrected chi connectivity index (χ1v) is 8.25. The van der Waals surface area contributed by atoms with E-state index < -0.39 is 0 Å².